The summed E-state index contributed by atoms with van der Waals surface area (Å²) >= 11 is 0. The van der Waals surface area contributed by atoms with Crippen molar-refractivity contribution in [2.24, 2.45) is 0 Å². The topological polar surface area (TPSA) is 30.5 Å². The molecule has 1 heterocycles. The first-order chi connectivity index (χ1) is 10.6. The number of hydrogen-bond acceptors (Lipinski definition) is 3. The van der Waals surface area contributed by atoms with Gasteiger partial charge in [-0.25, -0.2) is 0 Å². The summed E-state index contributed by atoms with van der Waals surface area (Å²) in [5.74, 6) is 0.855. The van der Waals surface area contributed by atoms with Gasteiger partial charge in [-0.3, -0.25) is 0 Å². The van der Waals surface area contributed by atoms with Gasteiger partial charge in [0.2, 0.25) is 0 Å². The molecule has 2 atom stereocenters. The van der Waals surface area contributed by atoms with Crippen molar-refractivity contribution in [2.45, 2.75) is 25.0 Å². The Morgan fingerprint density at radius 2 is 2.05 bits per heavy atom. The van der Waals surface area contributed by atoms with Gasteiger partial charge < -0.3 is 14.8 Å². The van der Waals surface area contributed by atoms with Crippen LogP contribution in [-0.4, -0.2) is 26.8 Å². The lowest BCUT2D eigenvalue weighted by molar-refractivity contribution is 0.00157. The molecule has 1 saturated heterocycles. The fraction of sp³-hybridized carbons (Fsp3) is 0.368. The summed E-state index contributed by atoms with van der Waals surface area (Å²) < 4.78 is 11.3. The highest BCUT2D eigenvalue weighted by Gasteiger charge is 2.39. The van der Waals surface area contributed by atoms with E-state index in [0.29, 0.717) is 6.04 Å². The normalized spacial score (nSPS) is 24.6. The molecule has 0 amide bonds. The van der Waals surface area contributed by atoms with E-state index in [0.717, 1.165) is 29.7 Å². The lowest BCUT2D eigenvalue weighted by Gasteiger charge is -2.28. The molecule has 0 radical (unpaired) electrons. The zero-order valence-electron chi connectivity index (χ0n) is 13.5. The molecule has 0 saturated carbocycles. The molecule has 116 valence electrons. The molecule has 3 rings (SSSR count). The molecule has 22 heavy (non-hydrogen) atoms. The first kappa shape index (κ1) is 15.1. The lowest BCUT2D eigenvalue weighted by atomic mass is 9.89. The van der Waals surface area contributed by atoms with E-state index in [2.05, 4.69) is 49.2 Å². The van der Waals surface area contributed by atoms with Crippen LogP contribution in [0.15, 0.2) is 36.9 Å². The molecular weight excluding hydrogens is 274 g/mol. The third-order valence-corrected chi connectivity index (χ3v) is 4.70. The minimum absolute atomic E-state index is 0.234. The molecule has 0 aliphatic carbocycles. The fourth-order valence-corrected chi connectivity index (χ4v) is 3.39. The summed E-state index contributed by atoms with van der Waals surface area (Å²) in [6, 6.07) is 11.2. The van der Waals surface area contributed by atoms with Crippen molar-refractivity contribution in [1.29, 1.82) is 0 Å². The van der Waals surface area contributed by atoms with Crippen molar-refractivity contribution < 1.29 is 9.47 Å². The Labute approximate surface area is 131 Å². The van der Waals surface area contributed by atoms with E-state index in [1.807, 2.05) is 6.08 Å². The molecule has 0 spiro atoms. The van der Waals surface area contributed by atoms with Gasteiger partial charge in [-0.15, -0.1) is 0 Å². The van der Waals surface area contributed by atoms with Crippen LogP contribution in [0, 0.1) is 0 Å². The number of benzene rings is 2. The fourth-order valence-electron chi connectivity index (χ4n) is 3.39. The first-order valence-electron chi connectivity index (χ1n) is 7.65. The van der Waals surface area contributed by atoms with E-state index < -0.39 is 0 Å². The van der Waals surface area contributed by atoms with Gasteiger partial charge in [0.1, 0.15) is 11.4 Å². The standard InChI is InChI=1S/C19H23NO2/c1-5-14-8-16-9-17(7-6-15(16)10-18(14)21-3)19(22-4)11-13(2)20-12-19/h5-10,13,20H,1,11-12H2,2-4H3/t13-,19+/m1/s1. The van der Waals surface area contributed by atoms with Crippen molar-refractivity contribution in [2.75, 3.05) is 20.8 Å². The molecule has 3 heteroatoms. The predicted molar refractivity (Wildman–Crippen MR) is 91.4 cm³/mol. The van der Waals surface area contributed by atoms with Crippen LogP contribution in [0.1, 0.15) is 24.5 Å². The minimum atomic E-state index is -0.234. The smallest absolute Gasteiger partial charge is 0.126 e. The number of rotatable bonds is 4. The number of fused-ring (bicyclic) bond motifs is 1. The van der Waals surface area contributed by atoms with Crippen molar-refractivity contribution in [3.63, 3.8) is 0 Å². The second kappa shape index (κ2) is 5.75. The Bertz CT molecular complexity index is 710. The lowest BCUT2D eigenvalue weighted by Crippen LogP contribution is -2.30. The van der Waals surface area contributed by atoms with Gasteiger partial charge in [0, 0.05) is 25.3 Å². The quantitative estimate of drug-likeness (QED) is 0.933. The highest BCUT2D eigenvalue weighted by Crippen LogP contribution is 2.36. The molecule has 1 N–H and O–H groups in total. The largest absolute Gasteiger partial charge is 0.496 e. The van der Waals surface area contributed by atoms with Crippen molar-refractivity contribution in [3.05, 3.63) is 48.0 Å². The molecule has 1 aliphatic rings. The van der Waals surface area contributed by atoms with Crippen LogP contribution >= 0.6 is 0 Å². The second-order valence-electron chi connectivity index (χ2n) is 6.04. The summed E-state index contributed by atoms with van der Waals surface area (Å²) in [4.78, 5) is 0. The molecule has 1 aliphatic heterocycles. The number of nitrogens with one attached hydrogen (secondary N) is 1. The van der Waals surface area contributed by atoms with Crippen LogP contribution in [-0.2, 0) is 10.3 Å². The van der Waals surface area contributed by atoms with E-state index in [-0.39, 0.29) is 5.60 Å². The van der Waals surface area contributed by atoms with Gasteiger partial charge in [0.05, 0.1) is 7.11 Å². The molecule has 1 fully saturated rings. The molecular formula is C19H23NO2. The molecule has 0 aromatic heterocycles. The van der Waals surface area contributed by atoms with Crippen molar-refractivity contribution in [1.82, 2.24) is 5.32 Å². The Morgan fingerprint density at radius 3 is 2.64 bits per heavy atom. The van der Waals surface area contributed by atoms with E-state index in [4.69, 9.17) is 9.47 Å². The average molecular weight is 297 g/mol. The maximum Gasteiger partial charge on any atom is 0.126 e. The SMILES string of the molecule is C=Cc1cc2cc([C@@]3(OC)CN[C@H](C)C3)ccc2cc1OC. The van der Waals surface area contributed by atoms with Crippen molar-refractivity contribution in [3.8, 4) is 5.75 Å². The van der Waals surface area contributed by atoms with Crippen LogP contribution in [0.3, 0.4) is 0 Å². The Kier molecular flexibility index (Phi) is 3.94. The third-order valence-electron chi connectivity index (χ3n) is 4.70. The Morgan fingerprint density at radius 1 is 1.23 bits per heavy atom. The van der Waals surface area contributed by atoms with Gasteiger partial charge in [-0.1, -0.05) is 24.8 Å². The third kappa shape index (κ3) is 2.40. The van der Waals surface area contributed by atoms with E-state index >= 15 is 0 Å². The molecule has 2 aromatic carbocycles. The maximum atomic E-state index is 5.90. The van der Waals surface area contributed by atoms with Crippen LogP contribution < -0.4 is 10.1 Å². The van der Waals surface area contributed by atoms with Crippen LogP contribution in [0.25, 0.3) is 16.8 Å². The van der Waals surface area contributed by atoms with E-state index in [1.165, 1.54) is 10.9 Å². The summed E-state index contributed by atoms with van der Waals surface area (Å²) in [5, 5.41) is 5.84. The van der Waals surface area contributed by atoms with Crippen LogP contribution in [0.4, 0.5) is 0 Å². The minimum Gasteiger partial charge on any atom is -0.496 e. The highest BCUT2D eigenvalue weighted by molar-refractivity contribution is 5.88. The zero-order chi connectivity index (χ0) is 15.7. The van der Waals surface area contributed by atoms with Crippen LogP contribution in [0.5, 0.6) is 5.75 Å². The molecule has 3 nitrogen and oxygen atoms in total. The number of methoxy groups -OCH3 is 2. The summed E-state index contributed by atoms with van der Waals surface area (Å²) in [7, 11) is 3.49. The van der Waals surface area contributed by atoms with E-state index in [1.54, 1.807) is 14.2 Å². The molecule has 0 unspecified atom stereocenters. The Hall–Kier alpha value is -1.84. The Balaban J connectivity index is 2.11. The van der Waals surface area contributed by atoms with Gasteiger partial charge in [0.15, 0.2) is 0 Å². The summed E-state index contributed by atoms with van der Waals surface area (Å²) in [6.45, 7) is 6.92. The predicted octanol–water partition coefficient (Wildman–Crippen LogP) is 3.71. The van der Waals surface area contributed by atoms with Gasteiger partial charge in [-0.2, -0.15) is 0 Å². The maximum absolute atomic E-state index is 5.90. The molecule has 0 bridgehead atoms. The summed E-state index contributed by atoms with van der Waals surface area (Å²) in [6.07, 6.45) is 2.82. The summed E-state index contributed by atoms with van der Waals surface area (Å²) in [5.41, 5.74) is 2.00. The van der Waals surface area contributed by atoms with E-state index in [9.17, 15) is 0 Å². The monoisotopic (exact) mass is 297 g/mol. The van der Waals surface area contributed by atoms with Gasteiger partial charge in [0.25, 0.3) is 0 Å². The number of hydrogen-bond donors (Lipinski definition) is 1. The van der Waals surface area contributed by atoms with Crippen molar-refractivity contribution >= 4 is 16.8 Å². The average Bonchev–Trinajstić information content (AvgIpc) is 2.95. The zero-order valence-corrected chi connectivity index (χ0v) is 13.5. The van der Waals surface area contributed by atoms with Crippen LogP contribution in [0.2, 0.25) is 0 Å². The van der Waals surface area contributed by atoms with Gasteiger partial charge >= 0.3 is 0 Å². The first-order valence-corrected chi connectivity index (χ1v) is 7.65. The second-order valence-corrected chi connectivity index (χ2v) is 6.04. The molecule has 2 aromatic rings. The highest BCUT2D eigenvalue weighted by atomic mass is 16.5. The number of ether oxygens (including phenoxy) is 2. The van der Waals surface area contributed by atoms with Gasteiger partial charge in [-0.05, 0) is 47.9 Å².